The maximum Gasteiger partial charge on any atom is 0.416 e. The van der Waals surface area contributed by atoms with Crippen molar-refractivity contribution < 1.29 is 31.5 Å². The maximum atomic E-state index is 14.0. The lowest BCUT2D eigenvalue weighted by Crippen LogP contribution is -2.21. The lowest BCUT2D eigenvalue weighted by Gasteiger charge is -2.19. The number of benzene rings is 3. The first kappa shape index (κ1) is 25.1. The molecule has 0 saturated carbocycles. The van der Waals surface area contributed by atoms with Crippen molar-refractivity contribution in [2.45, 2.75) is 12.2 Å². The molecule has 0 aromatic heterocycles. The molecule has 186 valence electrons. The van der Waals surface area contributed by atoms with Gasteiger partial charge in [0.15, 0.2) is 0 Å². The molecule has 0 aliphatic carbocycles. The number of alkyl halides is 3. The van der Waals surface area contributed by atoms with Crippen LogP contribution in [0.5, 0.6) is 0 Å². The number of halogens is 6. The Morgan fingerprint density at radius 1 is 1.14 bits per heavy atom. The molecule has 0 radical (unpaired) electrons. The van der Waals surface area contributed by atoms with Crippen LogP contribution < -0.4 is 16.4 Å². The number of amides is 2. The van der Waals surface area contributed by atoms with Crippen LogP contribution in [-0.4, -0.2) is 25.1 Å². The van der Waals surface area contributed by atoms with E-state index in [1.165, 1.54) is 25.4 Å². The highest BCUT2D eigenvalue weighted by Crippen LogP contribution is 2.43. The number of nitrogens with one attached hydrogen (secondary N) is 2. The van der Waals surface area contributed by atoms with E-state index >= 15 is 0 Å². The van der Waals surface area contributed by atoms with Crippen molar-refractivity contribution in [1.29, 1.82) is 0 Å². The predicted molar refractivity (Wildman–Crippen MR) is 124 cm³/mol. The third-order valence-corrected chi connectivity index (χ3v) is 5.85. The van der Waals surface area contributed by atoms with E-state index in [1.54, 1.807) is 0 Å². The number of hydrogen-bond acceptors (Lipinski definition) is 4. The van der Waals surface area contributed by atoms with Crippen LogP contribution in [0.25, 0.3) is 0 Å². The minimum absolute atomic E-state index is 0.00578. The molecule has 0 fully saturated rings. The van der Waals surface area contributed by atoms with Crippen LogP contribution in [-0.2, 0) is 6.18 Å². The van der Waals surface area contributed by atoms with Gasteiger partial charge in [-0.15, -0.1) is 0 Å². The molecule has 0 bridgehead atoms. The van der Waals surface area contributed by atoms with E-state index in [0.717, 1.165) is 12.1 Å². The van der Waals surface area contributed by atoms with Gasteiger partial charge in [0.25, 0.3) is 11.8 Å². The topological polar surface area (TPSA) is 96.6 Å². The zero-order valence-corrected chi connectivity index (χ0v) is 19.1. The SMILES string of the molecule is CN=Cc1cc(NC(=O)c2cc(F)cc(C(F)(F)F)c2)c2c(c1N)C(=O)NC2c1cc(F)ccc1Cl. The van der Waals surface area contributed by atoms with Crippen molar-refractivity contribution in [2.75, 3.05) is 18.1 Å². The summed E-state index contributed by atoms with van der Waals surface area (Å²) in [7, 11) is 1.44. The highest BCUT2D eigenvalue weighted by molar-refractivity contribution is 6.31. The third-order valence-electron chi connectivity index (χ3n) is 5.50. The molecule has 1 heterocycles. The Morgan fingerprint density at radius 2 is 1.86 bits per heavy atom. The zero-order valence-electron chi connectivity index (χ0n) is 18.3. The van der Waals surface area contributed by atoms with Gasteiger partial charge in [0, 0.05) is 46.2 Å². The van der Waals surface area contributed by atoms with Gasteiger partial charge in [-0.05, 0) is 42.5 Å². The van der Waals surface area contributed by atoms with E-state index in [0.29, 0.717) is 12.1 Å². The molecule has 0 spiro atoms. The molecule has 12 heteroatoms. The first-order chi connectivity index (χ1) is 16.9. The maximum absolute atomic E-state index is 14.0. The predicted octanol–water partition coefficient (Wildman–Crippen LogP) is 5.35. The van der Waals surface area contributed by atoms with Crippen LogP contribution in [0.3, 0.4) is 0 Å². The summed E-state index contributed by atoms with van der Waals surface area (Å²) >= 11 is 6.24. The van der Waals surface area contributed by atoms with Gasteiger partial charge in [-0.1, -0.05) is 11.6 Å². The molecule has 3 aromatic carbocycles. The van der Waals surface area contributed by atoms with Crippen LogP contribution in [0.1, 0.15) is 49.0 Å². The first-order valence-corrected chi connectivity index (χ1v) is 10.6. The molecular formula is C24H16ClF5N4O2. The molecule has 0 saturated heterocycles. The molecule has 2 amide bonds. The highest BCUT2D eigenvalue weighted by Gasteiger charge is 2.37. The van der Waals surface area contributed by atoms with Gasteiger partial charge in [0.05, 0.1) is 22.9 Å². The molecular weight excluding hydrogens is 507 g/mol. The van der Waals surface area contributed by atoms with Gasteiger partial charge >= 0.3 is 6.18 Å². The second-order valence-electron chi connectivity index (χ2n) is 7.86. The second kappa shape index (κ2) is 9.23. The van der Waals surface area contributed by atoms with E-state index in [4.69, 9.17) is 17.3 Å². The number of carbonyl (C=O) groups excluding carboxylic acids is 2. The Morgan fingerprint density at radius 3 is 2.53 bits per heavy atom. The Kier molecular flexibility index (Phi) is 6.44. The van der Waals surface area contributed by atoms with Crippen LogP contribution in [0, 0.1) is 11.6 Å². The average molecular weight is 523 g/mol. The Hall–Kier alpha value is -3.99. The lowest BCUT2D eigenvalue weighted by molar-refractivity contribution is -0.137. The quantitative estimate of drug-likeness (QED) is 0.245. The summed E-state index contributed by atoms with van der Waals surface area (Å²) in [4.78, 5) is 29.7. The number of nitrogens with two attached hydrogens (primary N) is 1. The van der Waals surface area contributed by atoms with Gasteiger partial charge < -0.3 is 16.4 Å². The highest BCUT2D eigenvalue weighted by atomic mass is 35.5. The molecule has 1 aliphatic heterocycles. The average Bonchev–Trinajstić information content (AvgIpc) is 3.15. The summed E-state index contributed by atoms with van der Waals surface area (Å²) in [5.41, 5.74) is 4.61. The Labute approximate surface area is 206 Å². The van der Waals surface area contributed by atoms with Gasteiger partial charge in [-0.2, -0.15) is 13.2 Å². The van der Waals surface area contributed by atoms with Crippen LogP contribution in [0.2, 0.25) is 5.02 Å². The van der Waals surface area contributed by atoms with Crippen molar-refractivity contribution in [1.82, 2.24) is 5.32 Å². The molecule has 36 heavy (non-hydrogen) atoms. The lowest BCUT2D eigenvalue weighted by atomic mass is 9.93. The number of nitrogen functional groups attached to an aromatic ring is 1. The van der Waals surface area contributed by atoms with Crippen LogP contribution in [0.15, 0.2) is 47.5 Å². The Bertz CT molecular complexity index is 1440. The third kappa shape index (κ3) is 4.61. The number of hydrogen-bond donors (Lipinski definition) is 3. The van der Waals surface area contributed by atoms with Crippen molar-refractivity contribution in [2.24, 2.45) is 4.99 Å². The number of fused-ring (bicyclic) bond motifs is 1. The minimum atomic E-state index is -4.89. The van der Waals surface area contributed by atoms with Crippen molar-refractivity contribution >= 4 is 41.0 Å². The van der Waals surface area contributed by atoms with E-state index in [-0.39, 0.29) is 44.7 Å². The zero-order chi connectivity index (χ0) is 26.4. The van der Waals surface area contributed by atoms with Gasteiger partial charge in [-0.25, -0.2) is 8.78 Å². The monoisotopic (exact) mass is 522 g/mol. The van der Waals surface area contributed by atoms with Crippen LogP contribution in [0.4, 0.5) is 33.3 Å². The van der Waals surface area contributed by atoms with Gasteiger partial charge in [0.2, 0.25) is 0 Å². The molecule has 4 N–H and O–H groups in total. The molecule has 6 nitrogen and oxygen atoms in total. The van der Waals surface area contributed by atoms with E-state index in [1.807, 2.05) is 0 Å². The Balaban J connectivity index is 1.88. The standard InChI is InChI=1S/C24H16ClF5N4O2/c1-32-9-11-6-17(33-22(35)10-4-12(24(28,29)30)7-14(27)5-10)18-19(20(11)31)23(36)34-21(18)15-8-13(26)2-3-16(15)25/h2-9,21H,31H2,1H3,(H,33,35)(H,34,36). The van der Waals surface area contributed by atoms with Crippen molar-refractivity contribution in [3.05, 3.63) is 92.5 Å². The number of rotatable bonds is 4. The minimum Gasteiger partial charge on any atom is -0.398 e. The largest absolute Gasteiger partial charge is 0.416 e. The van der Waals surface area contributed by atoms with Crippen molar-refractivity contribution in [3.63, 3.8) is 0 Å². The summed E-state index contributed by atoms with van der Waals surface area (Å²) in [6.45, 7) is 0. The van der Waals surface area contributed by atoms with Gasteiger partial charge in [0.1, 0.15) is 11.6 Å². The summed E-state index contributed by atoms with van der Waals surface area (Å²) in [6.07, 6.45) is -3.58. The second-order valence-corrected chi connectivity index (χ2v) is 8.26. The fourth-order valence-corrected chi connectivity index (χ4v) is 4.18. The summed E-state index contributed by atoms with van der Waals surface area (Å²) in [5, 5.41) is 5.16. The number of anilines is 2. The number of nitrogens with zero attached hydrogens (tertiary/aromatic N) is 1. The molecule has 1 atom stereocenters. The fourth-order valence-electron chi connectivity index (χ4n) is 3.95. The van der Waals surface area contributed by atoms with E-state index < -0.39 is 46.8 Å². The molecule has 4 rings (SSSR count). The normalized spacial score (nSPS) is 15.2. The molecule has 1 aliphatic rings. The van der Waals surface area contributed by atoms with E-state index in [9.17, 15) is 31.5 Å². The summed E-state index contributed by atoms with van der Waals surface area (Å²) in [5.74, 6) is -3.66. The summed E-state index contributed by atoms with van der Waals surface area (Å²) in [6, 6.07) is 5.18. The number of carbonyl (C=O) groups is 2. The molecule has 1 unspecified atom stereocenters. The van der Waals surface area contributed by atoms with Crippen molar-refractivity contribution in [3.8, 4) is 0 Å². The summed E-state index contributed by atoms with van der Waals surface area (Å²) < 4.78 is 67.3. The fraction of sp³-hybridized carbons (Fsp3) is 0.125. The van der Waals surface area contributed by atoms with Crippen LogP contribution >= 0.6 is 11.6 Å². The molecule has 3 aromatic rings. The number of aliphatic imine (C=N–C) groups is 1. The van der Waals surface area contributed by atoms with E-state index in [2.05, 4.69) is 15.6 Å². The first-order valence-electron chi connectivity index (χ1n) is 10.2. The smallest absolute Gasteiger partial charge is 0.398 e. The van der Waals surface area contributed by atoms with Gasteiger partial charge in [-0.3, -0.25) is 14.6 Å².